The number of rotatable bonds is 4. The van der Waals surface area contributed by atoms with Gasteiger partial charge in [0.1, 0.15) is 5.76 Å². The lowest BCUT2D eigenvalue weighted by molar-refractivity contribution is 0.415. The standard InChI is InChI=1S/C11H16BrNOS2/c1-2-13-10(9-7-15-5-6-16-9)11-8(12)3-4-14-11/h3-4,9-10,13H,2,5-7H2,1H3. The lowest BCUT2D eigenvalue weighted by atomic mass is 10.1. The molecule has 1 aliphatic rings. The van der Waals surface area contributed by atoms with Gasteiger partial charge in [0.15, 0.2) is 0 Å². The van der Waals surface area contributed by atoms with Crippen LogP contribution in [0.4, 0.5) is 0 Å². The highest BCUT2D eigenvalue weighted by atomic mass is 79.9. The minimum absolute atomic E-state index is 0.326. The predicted molar refractivity (Wildman–Crippen MR) is 76.4 cm³/mol. The van der Waals surface area contributed by atoms with E-state index < -0.39 is 0 Å². The van der Waals surface area contributed by atoms with Crippen LogP contribution in [-0.4, -0.2) is 29.1 Å². The number of halogens is 1. The lowest BCUT2D eigenvalue weighted by Gasteiger charge is -2.29. The number of furan rings is 1. The first kappa shape index (κ1) is 12.9. The summed E-state index contributed by atoms with van der Waals surface area (Å²) in [6.45, 7) is 3.12. The van der Waals surface area contributed by atoms with Gasteiger partial charge >= 0.3 is 0 Å². The molecule has 1 N–H and O–H groups in total. The molecule has 1 fully saturated rings. The van der Waals surface area contributed by atoms with Gasteiger partial charge in [0, 0.05) is 22.5 Å². The Morgan fingerprint density at radius 1 is 1.62 bits per heavy atom. The van der Waals surface area contributed by atoms with E-state index in [0.717, 1.165) is 16.8 Å². The summed E-state index contributed by atoms with van der Waals surface area (Å²) in [5.41, 5.74) is 0. The topological polar surface area (TPSA) is 25.2 Å². The van der Waals surface area contributed by atoms with Crippen molar-refractivity contribution >= 4 is 39.5 Å². The SMILES string of the molecule is CCNC(c1occc1Br)C1CSCCS1. The average Bonchev–Trinajstić information content (AvgIpc) is 2.73. The van der Waals surface area contributed by atoms with Crippen LogP contribution in [0.25, 0.3) is 0 Å². The molecule has 1 aliphatic heterocycles. The van der Waals surface area contributed by atoms with Gasteiger partial charge in [0.05, 0.1) is 16.8 Å². The van der Waals surface area contributed by atoms with Crippen LogP contribution in [0.5, 0.6) is 0 Å². The van der Waals surface area contributed by atoms with Crippen molar-refractivity contribution in [3.8, 4) is 0 Å². The molecular formula is C11H16BrNOS2. The predicted octanol–water partition coefficient (Wildman–Crippen LogP) is 3.54. The van der Waals surface area contributed by atoms with Gasteiger partial charge in [-0.2, -0.15) is 23.5 Å². The molecule has 1 aromatic rings. The zero-order valence-corrected chi connectivity index (χ0v) is 12.5. The molecule has 1 aromatic heterocycles. The van der Waals surface area contributed by atoms with Gasteiger partial charge < -0.3 is 9.73 Å². The van der Waals surface area contributed by atoms with Gasteiger partial charge in [-0.1, -0.05) is 6.92 Å². The molecule has 2 unspecified atom stereocenters. The van der Waals surface area contributed by atoms with Crippen molar-refractivity contribution in [2.75, 3.05) is 23.8 Å². The van der Waals surface area contributed by atoms with Crippen molar-refractivity contribution in [3.63, 3.8) is 0 Å². The van der Waals surface area contributed by atoms with E-state index in [9.17, 15) is 0 Å². The zero-order chi connectivity index (χ0) is 11.4. The molecule has 16 heavy (non-hydrogen) atoms. The van der Waals surface area contributed by atoms with Crippen LogP contribution < -0.4 is 5.32 Å². The molecule has 0 saturated carbocycles. The van der Waals surface area contributed by atoms with Crippen molar-refractivity contribution in [3.05, 3.63) is 22.6 Å². The summed E-state index contributed by atoms with van der Waals surface area (Å²) < 4.78 is 6.68. The molecule has 2 heterocycles. The van der Waals surface area contributed by atoms with Crippen LogP contribution in [0.2, 0.25) is 0 Å². The van der Waals surface area contributed by atoms with E-state index in [2.05, 4.69) is 39.9 Å². The molecule has 0 spiro atoms. The van der Waals surface area contributed by atoms with Gasteiger partial charge in [0.2, 0.25) is 0 Å². The van der Waals surface area contributed by atoms with Crippen molar-refractivity contribution in [1.82, 2.24) is 5.32 Å². The lowest BCUT2D eigenvalue weighted by Crippen LogP contribution is -2.33. The van der Waals surface area contributed by atoms with Gasteiger partial charge in [-0.15, -0.1) is 0 Å². The van der Waals surface area contributed by atoms with Crippen LogP contribution >= 0.6 is 39.5 Å². The summed E-state index contributed by atoms with van der Waals surface area (Å²) in [7, 11) is 0. The Morgan fingerprint density at radius 3 is 3.06 bits per heavy atom. The van der Waals surface area contributed by atoms with Gasteiger partial charge in [-0.25, -0.2) is 0 Å². The Morgan fingerprint density at radius 2 is 2.50 bits per heavy atom. The minimum Gasteiger partial charge on any atom is -0.466 e. The molecule has 2 nitrogen and oxygen atoms in total. The first-order valence-electron chi connectivity index (χ1n) is 5.48. The second kappa shape index (κ2) is 6.38. The average molecular weight is 322 g/mol. The van der Waals surface area contributed by atoms with E-state index in [1.165, 1.54) is 17.3 Å². The van der Waals surface area contributed by atoms with Crippen molar-refractivity contribution in [2.45, 2.75) is 18.2 Å². The molecule has 0 amide bonds. The molecule has 2 rings (SSSR count). The number of hydrogen-bond acceptors (Lipinski definition) is 4. The molecule has 1 saturated heterocycles. The maximum atomic E-state index is 5.60. The Kier molecular flexibility index (Phi) is 5.13. The Hall–Kier alpha value is 0.420. The highest BCUT2D eigenvalue weighted by Gasteiger charge is 2.28. The van der Waals surface area contributed by atoms with Crippen molar-refractivity contribution in [1.29, 1.82) is 0 Å². The summed E-state index contributed by atoms with van der Waals surface area (Å²) in [6, 6.07) is 2.30. The number of hydrogen-bond donors (Lipinski definition) is 1. The zero-order valence-electron chi connectivity index (χ0n) is 9.24. The smallest absolute Gasteiger partial charge is 0.135 e. The van der Waals surface area contributed by atoms with E-state index >= 15 is 0 Å². The van der Waals surface area contributed by atoms with E-state index in [1.54, 1.807) is 6.26 Å². The molecule has 0 aromatic carbocycles. The summed E-state index contributed by atoms with van der Waals surface area (Å²) in [6.07, 6.45) is 1.75. The van der Waals surface area contributed by atoms with E-state index in [4.69, 9.17) is 4.42 Å². The third-order valence-electron chi connectivity index (χ3n) is 2.56. The van der Waals surface area contributed by atoms with Crippen LogP contribution in [0.15, 0.2) is 21.2 Å². The second-order valence-corrected chi connectivity index (χ2v) is 7.00. The van der Waals surface area contributed by atoms with Gasteiger partial charge in [-0.3, -0.25) is 0 Å². The third-order valence-corrected chi connectivity index (χ3v) is 6.08. The molecule has 2 atom stereocenters. The van der Waals surface area contributed by atoms with E-state index in [1.807, 2.05) is 17.8 Å². The Balaban J connectivity index is 2.12. The summed E-state index contributed by atoms with van der Waals surface area (Å²) in [5.74, 6) is 4.77. The molecular weight excluding hydrogens is 306 g/mol. The fraction of sp³-hybridized carbons (Fsp3) is 0.636. The third kappa shape index (κ3) is 3.00. The fourth-order valence-corrected chi connectivity index (χ4v) is 5.12. The van der Waals surface area contributed by atoms with Crippen molar-refractivity contribution in [2.24, 2.45) is 0 Å². The summed E-state index contributed by atoms with van der Waals surface area (Å²) in [5, 5.41) is 4.15. The Bertz CT molecular complexity index is 326. The van der Waals surface area contributed by atoms with E-state index in [-0.39, 0.29) is 0 Å². The highest BCUT2D eigenvalue weighted by Crippen LogP contribution is 2.36. The van der Waals surface area contributed by atoms with Crippen LogP contribution in [0.1, 0.15) is 18.7 Å². The first-order chi connectivity index (χ1) is 7.83. The minimum atomic E-state index is 0.326. The quantitative estimate of drug-likeness (QED) is 0.917. The molecule has 90 valence electrons. The summed E-state index contributed by atoms with van der Waals surface area (Å²) in [4.78, 5) is 0. The molecule has 0 bridgehead atoms. The highest BCUT2D eigenvalue weighted by molar-refractivity contribution is 9.10. The molecule has 0 radical (unpaired) electrons. The van der Waals surface area contributed by atoms with Gasteiger partial charge in [0.25, 0.3) is 0 Å². The van der Waals surface area contributed by atoms with Crippen molar-refractivity contribution < 1.29 is 4.42 Å². The maximum Gasteiger partial charge on any atom is 0.135 e. The largest absolute Gasteiger partial charge is 0.466 e. The molecule has 5 heteroatoms. The Labute approximate surface area is 113 Å². The molecule has 0 aliphatic carbocycles. The van der Waals surface area contributed by atoms with Crippen LogP contribution in [-0.2, 0) is 0 Å². The number of thioether (sulfide) groups is 2. The monoisotopic (exact) mass is 321 g/mol. The fourth-order valence-electron chi connectivity index (χ4n) is 1.84. The van der Waals surface area contributed by atoms with E-state index in [0.29, 0.717) is 11.3 Å². The normalized spacial score (nSPS) is 23.2. The number of nitrogens with one attached hydrogen (secondary N) is 1. The van der Waals surface area contributed by atoms with Crippen LogP contribution in [0, 0.1) is 0 Å². The summed E-state index contributed by atoms with van der Waals surface area (Å²) >= 11 is 7.65. The van der Waals surface area contributed by atoms with Crippen LogP contribution in [0.3, 0.4) is 0 Å². The maximum absolute atomic E-state index is 5.60. The van der Waals surface area contributed by atoms with Gasteiger partial charge in [-0.05, 0) is 28.5 Å². The first-order valence-corrected chi connectivity index (χ1v) is 8.48. The second-order valence-electron chi connectivity index (χ2n) is 3.65.